The SMILES string of the molecule is CCC(NS(=O)(=O)c1ncccc1N)C1CCCCC1. The van der Waals surface area contributed by atoms with Crippen LogP contribution in [-0.2, 0) is 10.0 Å². The topological polar surface area (TPSA) is 85.1 Å². The van der Waals surface area contributed by atoms with Crippen LogP contribution in [0.1, 0.15) is 45.4 Å². The maximum absolute atomic E-state index is 12.4. The zero-order chi connectivity index (χ0) is 14.6. The molecule has 1 atom stereocenters. The third-order valence-corrected chi connectivity index (χ3v) is 5.48. The third-order valence-electron chi connectivity index (χ3n) is 4.02. The first-order valence-electron chi connectivity index (χ1n) is 7.27. The summed E-state index contributed by atoms with van der Waals surface area (Å²) in [5, 5.41) is -0.0609. The molecule has 0 amide bonds. The van der Waals surface area contributed by atoms with Gasteiger partial charge in [0.15, 0.2) is 5.03 Å². The van der Waals surface area contributed by atoms with Crippen LogP contribution in [0.15, 0.2) is 23.4 Å². The zero-order valence-electron chi connectivity index (χ0n) is 11.9. The summed E-state index contributed by atoms with van der Waals surface area (Å²) in [5.74, 6) is 0.425. The van der Waals surface area contributed by atoms with Crippen LogP contribution in [0, 0.1) is 5.92 Å². The molecule has 3 N–H and O–H groups in total. The first-order valence-corrected chi connectivity index (χ1v) is 8.75. The monoisotopic (exact) mass is 297 g/mol. The van der Waals surface area contributed by atoms with Gasteiger partial charge < -0.3 is 5.73 Å². The van der Waals surface area contributed by atoms with Gasteiger partial charge in [0.2, 0.25) is 0 Å². The quantitative estimate of drug-likeness (QED) is 0.873. The minimum Gasteiger partial charge on any atom is -0.396 e. The van der Waals surface area contributed by atoms with E-state index in [2.05, 4.69) is 9.71 Å². The van der Waals surface area contributed by atoms with Gasteiger partial charge in [-0.3, -0.25) is 0 Å². The predicted molar refractivity (Wildman–Crippen MR) is 79.6 cm³/mol. The van der Waals surface area contributed by atoms with Gasteiger partial charge in [-0.15, -0.1) is 0 Å². The maximum Gasteiger partial charge on any atom is 0.260 e. The molecule has 2 rings (SSSR count). The molecule has 0 saturated heterocycles. The summed E-state index contributed by atoms with van der Waals surface area (Å²) < 4.78 is 27.6. The summed E-state index contributed by atoms with van der Waals surface area (Å²) in [6.07, 6.45) is 8.07. The number of nitrogen functional groups attached to an aromatic ring is 1. The van der Waals surface area contributed by atoms with Crippen LogP contribution < -0.4 is 10.5 Å². The number of pyridine rings is 1. The molecule has 1 fully saturated rings. The number of nitrogens with one attached hydrogen (secondary N) is 1. The molecule has 1 saturated carbocycles. The molecule has 5 nitrogen and oxygen atoms in total. The Morgan fingerprint density at radius 1 is 1.40 bits per heavy atom. The van der Waals surface area contributed by atoms with Gasteiger partial charge in [-0.2, -0.15) is 0 Å². The Morgan fingerprint density at radius 3 is 2.70 bits per heavy atom. The van der Waals surface area contributed by atoms with E-state index in [0.29, 0.717) is 5.92 Å². The van der Waals surface area contributed by atoms with Crippen molar-refractivity contribution >= 4 is 15.7 Å². The third kappa shape index (κ3) is 3.49. The first-order chi connectivity index (χ1) is 9.54. The smallest absolute Gasteiger partial charge is 0.260 e. The van der Waals surface area contributed by atoms with Crippen molar-refractivity contribution in [2.45, 2.75) is 56.5 Å². The van der Waals surface area contributed by atoms with Crippen LogP contribution in [0.4, 0.5) is 5.69 Å². The Bertz CT molecular complexity index is 539. The highest BCUT2D eigenvalue weighted by Crippen LogP contribution is 2.28. The van der Waals surface area contributed by atoms with Gasteiger partial charge in [0.05, 0.1) is 5.69 Å². The van der Waals surface area contributed by atoms with Gasteiger partial charge in [0.1, 0.15) is 0 Å². The fourth-order valence-corrected chi connectivity index (χ4v) is 4.38. The van der Waals surface area contributed by atoms with Gasteiger partial charge in [0.25, 0.3) is 10.0 Å². The summed E-state index contributed by atoms with van der Waals surface area (Å²) >= 11 is 0. The highest BCUT2D eigenvalue weighted by atomic mass is 32.2. The van der Waals surface area contributed by atoms with E-state index in [1.54, 1.807) is 12.1 Å². The number of sulfonamides is 1. The van der Waals surface area contributed by atoms with E-state index < -0.39 is 10.0 Å². The number of aromatic nitrogens is 1. The molecule has 1 aromatic heterocycles. The molecular formula is C14H23N3O2S. The Hall–Kier alpha value is -1.14. The second-order valence-electron chi connectivity index (χ2n) is 5.43. The fourth-order valence-electron chi connectivity index (χ4n) is 2.93. The summed E-state index contributed by atoms with van der Waals surface area (Å²) in [6.45, 7) is 2.02. The van der Waals surface area contributed by atoms with E-state index in [1.165, 1.54) is 25.5 Å². The Kier molecular flexibility index (Phi) is 4.99. The van der Waals surface area contributed by atoms with Crippen molar-refractivity contribution < 1.29 is 8.42 Å². The maximum atomic E-state index is 12.4. The molecule has 0 aliphatic heterocycles. The van der Waals surface area contributed by atoms with Crippen molar-refractivity contribution in [3.8, 4) is 0 Å². The highest BCUT2D eigenvalue weighted by molar-refractivity contribution is 7.89. The van der Waals surface area contributed by atoms with Crippen molar-refractivity contribution in [3.63, 3.8) is 0 Å². The highest BCUT2D eigenvalue weighted by Gasteiger charge is 2.28. The Balaban J connectivity index is 2.15. The standard InChI is InChI=1S/C14H23N3O2S/c1-2-13(11-7-4-3-5-8-11)17-20(18,19)14-12(15)9-6-10-16-14/h6,9-11,13,17H,2-5,7-8,15H2,1H3. The van der Waals surface area contributed by atoms with Crippen molar-refractivity contribution in [1.82, 2.24) is 9.71 Å². The molecule has 1 heterocycles. The number of nitrogens with zero attached hydrogens (tertiary/aromatic N) is 1. The minimum absolute atomic E-state index is 0.0262. The number of anilines is 1. The molecule has 0 spiro atoms. The van der Waals surface area contributed by atoms with Gasteiger partial charge in [-0.05, 0) is 37.3 Å². The minimum atomic E-state index is -3.64. The number of hydrogen-bond donors (Lipinski definition) is 2. The van der Waals surface area contributed by atoms with E-state index in [0.717, 1.165) is 19.3 Å². The molecule has 112 valence electrons. The van der Waals surface area contributed by atoms with Crippen molar-refractivity contribution in [2.75, 3.05) is 5.73 Å². The summed E-state index contributed by atoms with van der Waals surface area (Å²) in [6, 6.07) is 3.16. The lowest BCUT2D eigenvalue weighted by atomic mass is 9.83. The lowest BCUT2D eigenvalue weighted by molar-refractivity contribution is 0.285. The van der Waals surface area contributed by atoms with Crippen LogP contribution in [0.2, 0.25) is 0 Å². The van der Waals surface area contributed by atoms with Crippen LogP contribution in [0.5, 0.6) is 0 Å². The van der Waals surface area contributed by atoms with Crippen molar-refractivity contribution in [1.29, 1.82) is 0 Å². The van der Waals surface area contributed by atoms with E-state index in [1.807, 2.05) is 6.92 Å². The summed E-state index contributed by atoms with van der Waals surface area (Å²) in [7, 11) is -3.64. The van der Waals surface area contributed by atoms with Crippen LogP contribution in [0.25, 0.3) is 0 Å². The second kappa shape index (κ2) is 6.54. The number of rotatable bonds is 5. The lowest BCUT2D eigenvalue weighted by Crippen LogP contribution is -2.41. The Labute approximate surface area is 121 Å². The summed E-state index contributed by atoms with van der Waals surface area (Å²) in [4.78, 5) is 3.91. The van der Waals surface area contributed by atoms with Crippen LogP contribution in [-0.4, -0.2) is 19.4 Å². The van der Waals surface area contributed by atoms with Crippen LogP contribution in [0.3, 0.4) is 0 Å². The van der Waals surface area contributed by atoms with Gasteiger partial charge >= 0.3 is 0 Å². The average molecular weight is 297 g/mol. The van der Waals surface area contributed by atoms with E-state index in [-0.39, 0.29) is 16.8 Å². The number of hydrogen-bond acceptors (Lipinski definition) is 4. The lowest BCUT2D eigenvalue weighted by Gasteiger charge is -2.30. The molecule has 1 unspecified atom stereocenters. The molecule has 1 aliphatic carbocycles. The van der Waals surface area contributed by atoms with E-state index >= 15 is 0 Å². The van der Waals surface area contributed by atoms with Gasteiger partial charge in [0, 0.05) is 12.2 Å². The molecule has 1 aliphatic rings. The molecule has 1 aromatic rings. The molecule has 6 heteroatoms. The predicted octanol–water partition coefficient (Wildman–Crippen LogP) is 2.30. The van der Waals surface area contributed by atoms with E-state index in [4.69, 9.17) is 5.73 Å². The van der Waals surface area contributed by atoms with Gasteiger partial charge in [-0.25, -0.2) is 18.1 Å². The molecule has 20 heavy (non-hydrogen) atoms. The molecule has 0 bridgehead atoms. The molecular weight excluding hydrogens is 274 g/mol. The van der Waals surface area contributed by atoms with Crippen molar-refractivity contribution in [3.05, 3.63) is 18.3 Å². The van der Waals surface area contributed by atoms with Gasteiger partial charge in [-0.1, -0.05) is 26.2 Å². The summed E-state index contributed by atoms with van der Waals surface area (Å²) in [5.41, 5.74) is 5.91. The Morgan fingerprint density at radius 2 is 2.10 bits per heavy atom. The van der Waals surface area contributed by atoms with Crippen molar-refractivity contribution in [2.24, 2.45) is 5.92 Å². The molecule has 0 aromatic carbocycles. The zero-order valence-corrected chi connectivity index (χ0v) is 12.7. The molecule has 0 radical (unpaired) electrons. The normalized spacial score (nSPS) is 18.9. The largest absolute Gasteiger partial charge is 0.396 e. The van der Waals surface area contributed by atoms with Crippen LogP contribution >= 0.6 is 0 Å². The van der Waals surface area contributed by atoms with E-state index in [9.17, 15) is 8.42 Å². The second-order valence-corrected chi connectivity index (χ2v) is 7.06. The number of nitrogens with two attached hydrogens (primary N) is 1. The fraction of sp³-hybridized carbons (Fsp3) is 0.643. The first kappa shape index (κ1) is 15.3. The average Bonchev–Trinajstić information content (AvgIpc) is 2.46.